The van der Waals surface area contributed by atoms with E-state index in [2.05, 4.69) is 10.6 Å². The van der Waals surface area contributed by atoms with Crippen LogP contribution in [0.25, 0.3) is 0 Å². The van der Waals surface area contributed by atoms with Gasteiger partial charge in [0.1, 0.15) is 0 Å². The van der Waals surface area contributed by atoms with E-state index in [1.807, 2.05) is 45.0 Å². The summed E-state index contributed by atoms with van der Waals surface area (Å²) >= 11 is 0. The molecule has 1 aliphatic heterocycles. The molecule has 4 nitrogen and oxygen atoms in total. The quantitative estimate of drug-likeness (QED) is 0.766. The standard InChI is InChI=1S/C15H22N2O2/c1-10-13(14(19)17-15(2,3)9-18)12-7-5-4-6-11(12)8-16-10/h4-7,10,13,16,18H,8-9H2,1-3H3,(H,17,19). The van der Waals surface area contributed by atoms with E-state index in [1.54, 1.807) is 0 Å². The van der Waals surface area contributed by atoms with E-state index in [1.165, 1.54) is 5.56 Å². The molecule has 0 fully saturated rings. The third-order valence-corrected chi connectivity index (χ3v) is 3.64. The molecule has 0 radical (unpaired) electrons. The Labute approximate surface area is 114 Å². The lowest BCUT2D eigenvalue weighted by Gasteiger charge is -2.34. The van der Waals surface area contributed by atoms with Crippen molar-refractivity contribution < 1.29 is 9.90 Å². The molecule has 104 valence electrons. The lowest BCUT2D eigenvalue weighted by Crippen LogP contribution is -2.52. The zero-order valence-electron chi connectivity index (χ0n) is 11.7. The minimum atomic E-state index is -0.594. The minimum absolute atomic E-state index is 0.0359. The van der Waals surface area contributed by atoms with Gasteiger partial charge in [-0.15, -0.1) is 0 Å². The van der Waals surface area contributed by atoms with Crippen molar-refractivity contribution in [3.8, 4) is 0 Å². The summed E-state index contributed by atoms with van der Waals surface area (Å²) in [6, 6.07) is 8.11. The van der Waals surface area contributed by atoms with Gasteiger partial charge in [-0.2, -0.15) is 0 Å². The van der Waals surface area contributed by atoms with Crippen LogP contribution in [-0.4, -0.2) is 29.2 Å². The Morgan fingerprint density at radius 1 is 1.47 bits per heavy atom. The lowest BCUT2D eigenvalue weighted by atomic mass is 9.84. The van der Waals surface area contributed by atoms with Gasteiger partial charge in [0.2, 0.25) is 5.91 Å². The smallest absolute Gasteiger partial charge is 0.229 e. The van der Waals surface area contributed by atoms with E-state index in [0.717, 1.165) is 12.1 Å². The maximum atomic E-state index is 12.5. The van der Waals surface area contributed by atoms with E-state index in [4.69, 9.17) is 0 Å². The molecule has 1 aromatic rings. The molecule has 4 heteroatoms. The summed E-state index contributed by atoms with van der Waals surface area (Å²) in [6.07, 6.45) is 0. The highest BCUT2D eigenvalue weighted by molar-refractivity contribution is 5.85. The number of aliphatic hydroxyl groups is 1. The molecule has 0 saturated carbocycles. The Hall–Kier alpha value is -1.39. The van der Waals surface area contributed by atoms with E-state index in [9.17, 15) is 9.90 Å². The van der Waals surface area contributed by atoms with Crippen molar-refractivity contribution >= 4 is 5.91 Å². The maximum Gasteiger partial charge on any atom is 0.229 e. The van der Waals surface area contributed by atoms with E-state index in [-0.39, 0.29) is 24.5 Å². The molecule has 19 heavy (non-hydrogen) atoms. The first-order valence-corrected chi connectivity index (χ1v) is 6.69. The second kappa shape index (κ2) is 5.31. The fraction of sp³-hybridized carbons (Fsp3) is 0.533. The normalized spacial score (nSPS) is 22.7. The summed E-state index contributed by atoms with van der Waals surface area (Å²) in [5.74, 6) is -0.248. The molecule has 3 N–H and O–H groups in total. The van der Waals surface area contributed by atoms with Crippen LogP contribution in [0.2, 0.25) is 0 Å². The fourth-order valence-corrected chi connectivity index (χ4v) is 2.48. The van der Waals surface area contributed by atoms with Crippen LogP contribution >= 0.6 is 0 Å². The Morgan fingerprint density at radius 2 is 2.16 bits per heavy atom. The number of aliphatic hydroxyl groups excluding tert-OH is 1. The molecule has 2 rings (SSSR count). The Kier molecular flexibility index (Phi) is 3.92. The first-order chi connectivity index (χ1) is 8.94. The number of fused-ring (bicyclic) bond motifs is 1. The van der Waals surface area contributed by atoms with Crippen LogP contribution in [-0.2, 0) is 11.3 Å². The number of rotatable bonds is 3. The van der Waals surface area contributed by atoms with Gasteiger partial charge < -0.3 is 15.7 Å². The zero-order chi connectivity index (χ0) is 14.0. The predicted molar refractivity (Wildman–Crippen MR) is 74.8 cm³/mol. The molecule has 1 aliphatic rings. The monoisotopic (exact) mass is 262 g/mol. The number of carbonyl (C=O) groups excluding carboxylic acids is 1. The second-order valence-corrected chi connectivity index (χ2v) is 5.88. The molecule has 0 bridgehead atoms. The predicted octanol–water partition coefficient (Wildman–Crippen LogP) is 1.15. The fourth-order valence-electron chi connectivity index (χ4n) is 2.48. The molecular weight excluding hydrogens is 240 g/mol. The molecule has 0 aromatic heterocycles. The Morgan fingerprint density at radius 3 is 2.84 bits per heavy atom. The van der Waals surface area contributed by atoms with Gasteiger partial charge in [-0.25, -0.2) is 0 Å². The number of amides is 1. The summed E-state index contributed by atoms with van der Waals surface area (Å²) in [7, 11) is 0. The number of benzene rings is 1. The first kappa shape index (κ1) is 14.0. The molecule has 2 atom stereocenters. The Bertz CT molecular complexity index is 471. The van der Waals surface area contributed by atoms with Crippen LogP contribution in [0.1, 0.15) is 37.8 Å². The SMILES string of the molecule is CC1NCc2ccccc2C1C(=O)NC(C)(C)CO. The molecule has 1 aromatic carbocycles. The van der Waals surface area contributed by atoms with Gasteiger partial charge in [0.25, 0.3) is 0 Å². The van der Waals surface area contributed by atoms with Crippen LogP contribution in [0, 0.1) is 0 Å². The molecule has 1 amide bonds. The van der Waals surface area contributed by atoms with Gasteiger partial charge in [0.15, 0.2) is 0 Å². The van der Waals surface area contributed by atoms with Crippen LogP contribution in [0.4, 0.5) is 0 Å². The van der Waals surface area contributed by atoms with Crippen molar-refractivity contribution in [3.05, 3.63) is 35.4 Å². The lowest BCUT2D eigenvalue weighted by molar-refractivity contribution is -0.125. The van der Waals surface area contributed by atoms with Crippen molar-refractivity contribution in [2.75, 3.05) is 6.61 Å². The highest BCUT2D eigenvalue weighted by atomic mass is 16.3. The van der Waals surface area contributed by atoms with Crippen LogP contribution < -0.4 is 10.6 Å². The number of nitrogens with one attached hydrogen (secondary N) is 2. The number of carbonyl (C=O) groups is 1. The van der Waals surface area contributed by atoms with Gasteiger partial charge in [0, 0.05) is 12.6 Å². The van der Waals surface area contributed by atoms with Crippen LogP contribution in [0.5, 0.6) is 0 Å². The topological polar surface area (TPSA) is 61.4 Å². The van der Waals surface area contributed by atoms with E-state index < -0.39 is 5.54 Å². The Balaban J connectivity index is 2.26. The molecule has 0 saturated heterocycles. The van der Waals surface area contributed by atoms with Gasteiger partial charge >= 0.3 is 0 Å². The molecular formula is C15H22N2O2. The zero-order valence-corrected chi connectivity index (χ0v) is 11.7. The summed E-state index contributed by atoms with van der Waals surface area (Å²) in [5.41, 5.74) is 1.66. The van der Waals surface area contributed by atoms with Crippen molar-refractivity contribution in [1.82, 2.24) is 10.6 Å². The maximum absolute atomic E-state index is 12.5. The number of hydrogen-bond donors (Lipinski definition) is 3. The molecule has 2 unspecified atom stereocenters. The first-order valence-electron chi connectivity index (χ1n) is 6.69. The summed E-state index contributed by atoms with van der Waals surface area (Å²) in [4.78, 5) is 12.5. The van der Waals surface area contributed by atoms with Crippen molar-refractivity contribution in [2.24, 2.45) is 0 Å². The van der Waals surface area contributed by atoms with Gasteiger partial charge in [-0.1, -0.05) is 24.3 Å². The van der Waals surface area contributed by atoms with Gasteiger partial charge in [-0.05, 0) is 31.9 Å². The van der Waals surface area contributed by atoms with Crippen molar-refractivity contribution in [2.45, 2.75) is 44.8 Å². The molecule has 0 aliphatic carbocycles. The minimum Gasteiger partial charge on any atom is -0.394 e. The summed E-state index contributed by atoms with van der Waals surface area (Å²) in [6.45, 7) is 6.38. The van der Waals surface area contributed by atoms with Gasteiger partial charge in [-0.3, -0.25) is 4.79 Å². The summed E-state index contributed by atoms with van der Waals surface area (Å²) in [5, 5.41) is 15.5. The van der Waals surface area contributed by atoms with Crippen molar-refractivity contribution in [3.63, 3.8) is 0 Å². The summed E-state index contributed by atoms with van der Waals surface area (Å²) < 4.78 is 0. The second-order valence-electron chi connectivity index (χ2n) is 5.88. The highest BCUT2D eigenvalue weighted by Gasteiger charge is 2.34. The van der Waals surface area contributed by atoms with E-state index >= 15 is 0 Å². The van der Waals surface area contributed by atoms with Crippen molar-refractivity contribution in [1.29, 1.82) is 0 Å². The third-order valence-electron chi connectivity index (χ3n) is 3.64. The van der Waals surface area contributed by atoms with Crippen LogP contribution in [0.3, 0.4) is 0 Å². The molecule has 0 spiro atoms. The average molecular weight is 262 g/mol. The third kappa shape index (κ3) is 2.96. The van der Waals surface area contributed by atoms with Gasteiger partial charge in [0.05, 0.1) is 18.1 Å². The largest absolute Gasteiger partial charge is 0.394 e. The average Bonchev–Trinajstić information content (AvgIpc) is 2.38. The van der Waals surface area contributed by atoms with Crippen LogP contribution in [0.15, 0.2) is 24.3 Å². The van der Waals surface area contributed by atoms with E-state index in [0.29, 0.717) is 0 Å². The number of hydrogen-bond acceptors (Lipinski definition) is 3. The highest BCUT2D eigenvalue weighted by Crippen LogP contribution is 2.28. The molecule has 1 heterocycles.